The molecule has 2 nitrogen and oxygen atoms in total. The van der Waals surface area contributed by atoms with Crippen LogP contribution < -0.4 is 0 Å². The second-order valence-electron chi connectivity index (χ2n) is 4.01. The molecule has 0 fully saturated rings. The predicted octanol–water partition coefficient (Wildman–Crippen LogP) is 3.65. The fourth-order valence-electron chi connectivity index (χ4n) is 1.63. The van der Waals surface area contributed by atoms with Crippen molar-refractivity contribution in [3.05, 3.63) is 0 Å². The fourth-order valence-corrected chi connectivity index (χ4v) is 1.63. The van der Waals surface area contributed by atoms with Gasteiger partial charge in [0.1, 0.15) is 0 Å². The molecule has 1 unspecified atom stereocenters. The summed E-state index contributed by atoms with van der Waals surface area (Å²) in [5, 5.41) is 17.3. The second kappa shape index (κ2) is 8.57. The van der Waals surface area contributed by atoms with E-state index in [-0.39, 0.29) is 5.92 Å². The van der Waals surface area contributed by atoms with Gasteiger partial charge in [0.05, 0.1) is 12.1 Å². The summed E-state index contributed by atoms with van der Waals surface area (Å²) >= 11 is 0. The van der Waals surface area contributed by atoms with Crippen LogP contribution in [0.1, 0.15) is 52.4 Å². The number of hydrogen-bond acceptors (Lipinski definition) is 2. The van der Waals surface area contributed by atoms with Gasteiger partial charge in [-0.15, -0.1) is 0 Å². The molecule has 2 heteroatoms. The third kappa shape index (κ3) is 6.49. The first-order valence-corrected chi connectivity index (χ1v) is 5.51. The van der Waals surface area contributed by atoms with Crippen molar-refractivity contribution in [2.24, 2.45) is 11.8 Å². The first-order chi connectivity index (χ1) is 6.74. The van der Waals surface area contributed by atoms with E-state index in [0.29, 0.717) is 12.3 Å². The molecule has 78 valence electrons. The summed E-state index contributed by atoms with van der Waals surface area (Å²) in [6, 6.07) is 4.39. The highest BCUT2D eigenvalue weighted by Gasteiger charge is 2.11. The molecule has 0 aromatic heterocycles. The van der Waals surface area contributed by atoms with Crippen LogP contribution in [0.15, 0.2) is 0 Å². The normalized spacial score (nSPS) is 14.0. The van der Waals surface area contributed by atoms with Crippen molar-refractivity contribution in [2.75, 3.05) is 0 Å². The Morgan fingerprint density at radius 3 is 2.43 bits per heavy atom. The van der Waals surface area contributed by atoms with Gasteiger partial charge in [-0.3, -0.25) is 0 Å². The molecule has 0 aliphatic rings. The molecule has 0 amide bonds. The van der Waals surface area contributed by atoms with E-state index in [0.717, 1.165) is 12.8 Å². The van der Waals surface area contributed by atoms with Crippen LogP contribution in [-0.4, -0.2) is 0 Å². The van der Waals surface area contributed by atoms with Gasteiger partial charge in [0.2, 0.25) is 0 Å². The van der Waals surface area contributed by atoms with E-state index in [4.69, 9.17) is 10.5 Å². The first kappa shape index (κ1) is 13.0. The van der Waals surface area contributed by atoms with Crippen LogP contribution in [0.5, 0.6) is 0 Å². The van der Waals surface area contributed by atoms with Gasteiger partial charge in [-0.2, -0.15) is 10.5 Å². The Kier molecular flexibility index (Phi) is 7.95. The molecule has 0 saturated heterocycles. The van der Waals surface area contributed by atoms with Crippen molar-refractivity contribution < 1.29 is 0 Å². The smallest absolute Gasteiger partial charge is 0.0656 e. The zero-order valence-corrected chi connectivity index (χ0v) is 9.29. The van der Waals surface area contributed by atoms with E-state index < -0.39 is 0 Å². The van der Waals surface area contributed by atoms with Crippen molar-refractivity contribution in [1.82, 2.24) is 0 Å². The Hall–Kier alpha value is -1.02. The molecule has 0 heterocycles. The van der Waals surface area contributed by atoms with Gasteiger partial charge in [0.25, 0.3) is 0 Å². The fraction of sp³-hybridized carbons (Fsp3) is 0.833. The van der Waals surface area contributed by atoms with Crippen LogP contribution in [0.3, 0.4) is 0 Å². The average Bonchev–Trinajstić information content (AvgIpc) is 2.21. The summed E-state index contributed by atoms with van der Waals surface area (Å²) in [6.07, 6.45) is 5.89. The SMILES string of the molecule is CCCCC(C)C[C@@H](C#N)CCC#N. The summed E-state index contributed by atoms with van der Waals surface area (Å²) in [6.45, 7) is 4.39. The zero-order valence-electron chi connectivity index (χ0n) is 9.29. The van der Waals surface area contributed by atoms with Crippen LogP contribution in [0.2, 0.25) is 0 Å². The summed E-state index contributed by atoms with van der Waals surface area (Å²) in [4.78, 5) is 0. The summed E-state index contributed by atoms with van der Waals surface area (Å²) in [5.41, 5.74) is 0. The topological polar surface area (TPSA) is 47.6 Å². The highest BCUT2D eigenvalue weighted by atomic mass is 14.3. The van der Waals surface area contributed by atoms with Crippen LogP contribution in [0, 0.1) is 34.5 Å². The minimum absolute atomic E-state index is 0.0847. The molecular formula is C12H20N2. The summed E-state index contributed by atoms with van der Waals surface area (Å²) < 4.78 is 0. The molecule has 0 aliphatic heterocycles. The number of rotatable bonds is 7. The number of nitrogens with zero attached hydrogens (tertiary/aromatic N) is 2. The molecule has 0 spiro atoms. The molecule has 0 saturated carbocycles. The highest BCUT2D eigenvalue weighted by Crippen LogP contribution is 2.20. The van der Waals surface area contributed by atoms with Gasteiger partial charge in [-0.1, -0.05) is 33.1 Å². The minimum atomic E-state index is 0.0847. The molecule has 0 radical (unpaired) electrons. The Morgan fingerprint density at radius 1 is 1.21 bits per heavy atom. The van der Waals surface area contributed by atoms with Crippen molar-refractivity contribution in [1.29, 1.82) is 10.5 Å². The van der Waals surface area contributed by atoms with Crippen LogP contribution in [0.4, 0.5) is 0 Å². The standard InChI is InChI=1S/C12H20N2/c1-3-4-6-11(2)9-12(10-14)7-5-8-13/h11-12H,3-7,9H2,1-2H3/t11?,12-/m0/s1. The van der Waals surface area contributed by atoms with Gasteiger partial charge in [-0.05, 0) is 18.8 Å². The maximum atomic E-state index is 8.87. The lowest BCUT2D eigenvalue weighted by Gasteiger charge is -2.13. The lowest BCUT2D eigenvalue weighted by atomic mass is 9.90. The first-order valence-electron chi connectivity index (χ1n) is 5.51. The number of nitriles is 2. The molecule has 0 aliphatic carbocycles. The maximum Gasteiger partial charge on any atom is 0.0656 e. The number of hydrogen-bond donors (Lipinski definition) is 0. The quantitative estimate of drug-likeness (QED) is 0.618. The van der Waals surface area contributed by atoms with E-state index in [1.54, 1.807) is 0 Å². The third-order valence-electron chi connectivity index (χ3n) is 2.52. The van der Waals surface area contributed by atoms with Crippen molar-refractivity contribution >= 4 is 0 Å². The van der Waals surface area contributed by atoms with E-state index in [2.05, 4.69) is 26.0 Å². The Bertz CT molecular complexity index is 209. The van der Waals surface area contributed by atoms with Crippen molar-refractivity contribution in [2.45, 2.75) is 52.4 Å². The average molecular weight is 192 g/mol. The molecule has 0 aromatic carbocycles. The van der Waals surface area contributed by atoms with Crippen molar-refractivity contribution in [3.63, 3.8) is 0 Å². The monoisotopic (exact) mass is 192 g/mol. The maximum absolute atomic E-state index is 8.87. The molecule has 0 N–H and O–H groups in total. The van der Waals surface area contributed by atoms with Crippen LogP contribution in [-0.2, 0) is 0 Å². The molecule has 2 atom stereocenters. The molecule has 0 bridgehead atoms. The molecular weight excluding hydrogens is 172 g/mol. The molecule has 0 rings (SSSR count). The Balaban J connectivity index is 3.70. The van der Waals surface area contributed by atoms with E-state index in [1.165, 1.54) is 19.3 Å². The summed E-state index contributed by atoms with van der Waals surface area (Å²) in [7, 11) is 0. The van der Waals surface area contributed by atoms with Gasteiger partial charge in [-0.25, -0.2) is 0 Å². The Morgan fingerprint density at radius 2 is 1.93 bits per heavy atom. The van der Waals surface area contributed by atoms with Crippen molar-refractivity contribution in [3.8, 4) is 12.1 Å². The van der Waals surface area contributed by atoms with Gasteiger partial charge < -0.3 is 0 Å². The van der Waals surface area contributed by atoms with E-state index >= 15 is 0 Å². The number of unbranched alkanes of at least 4 members (excludes halogenated alkanes) is 1. The Labute approximate surface area is 87.5 Å². The van der Waals surface area contributed by atoms with Gasteiger partial charge >= 0.3 is 0 Å². The summed E-state index contributed by atoms with van der Waals surface area (Å²) in [5.74, 6) is 0.708. The van der Waals surface area contributed by atoms with Gasteiger partial charge in [0, 0.05) is 12.3 Å². The van der Waals surface area contributed by atoms with Gasteiger partial charge in [0.15, 0.2) is 0 Å². The highest BCUT2D eigenvalue weighted by molar-refractivity contribution is 4.86. The largest absolute Gasteiger partial charge is 0.198 e. The zero-order chi connectivity index (χ0) is 10.8. The van der Waals surface area contributed by atoms with Crippen LogP contribution in [0.25, 0.3) is 0 Å². The molecule has 0 aromatic rings. The lowest BCUT2D eigenvalue weighted by molar-refractivity contribution is 0.403. The third-order valence-corrected chi connectivity index (χ3v) is 2.52. The van der Waals surface area contributed by atoms with E-state index in [1.807, 2.05) is 0 Å². The minimum Gasteiger partial charge on any atom is -0.198 e. The second-order valence-corrected chi connectivity index (χ2v) is 4.01. The molecule has 14 heavy (non-hydrogen) atoms. The van der Waals surface area contributed by atoms with Crippen LogP contribution >= 0.6 is 0 Å². The van der Waals surface area contributed by atoms with E-state index in [9.17, 15) is 0 Å². The predicted molar refractivity (Wildman–Crippen MR) is 57.3 cm³/mol. The lowest BCUT2D eigenvalue weighted by Crippen LogP contribution is -2.04.